The molecule has 0 bridgehead atoms. The highest BCUT2D eigenvalue weighted by Gasteiger charge is 2.42. The lowest BCUT2D eigenvalue weighted by atomic mass is 9.98. The molecule has 1 aliphatic heterocycles. The minimum atomic E-state index is -0.696. The smallest absolute Gasteiger partial charge is 0.290 e. The summed E-state index contributed by atoms with van der Waals surface area (Å²) in [5, 5.41) is 0.0965. The van der Waals surface area contributed by atoms with Crippen LogP contribution in [-0.2, 0) is 4.74 Å². The van der Waals surface area contributed by atoms with Crippen molar-refractivity contribution >= 4 is 16.9 Å². The van der Waals surface area contributed by atoms with Crippen molar-refractivity contribution in [1.29, 1.82) is 0 Å². The van der Waals surface area contributed by atoms with E-state index in [1.807, 2.05) is 6.07 Å². The Kier molecular flexibility index (Phi) is 5.37. The van der Waals surface area contributed by atoms with Crippen molar-refractivity contribution in [3.8, 4) is 5.75 Å². The molecular weight excluding hydrogens is 389 g/mol. The number of amides is 1. The van der Waals surface area contributed by atoms with Crippen LogP contribution in [0.1, 0.15) is 27.7 Å². The Morgan fingerprint density at radius 2 is 2.07 bits per heavy atom. The molecule has 30 heavy (non-hydrogen) atoms. The summed E-state index contributed by atoms with van der Waals surface area (Å²) < 4.78 is 30.3. The minimum absolute atomic E-state index is 0.0300. The molecule has 6 nitrogen and oxygen atoms in total. The van der Waals surface area contributed by atoms with Crippen LogP contribution in [0.2, 0.25) is 0 Å². The fourth-order valence-corrected chi connectivity index (χ4v) is 3.69. The summed E-state index contributed by atoms with van der Waals surface area (Å²) in [6.07, 6.45) is 1.63. The molecule has 1 atom stereocenters. The van der Waals surface area contributed by atoms with Crippen molar-refractivity contribution in [3.05, 3.63) is 88.0 Å². The average molecular weight is 409 g/mol. The molecule has 0 aliphatic carbocycles. The van der Waals surface area contributed by atoms with Crippen molar-refractivity contribution in [1.82, 2.24) is 4.90 Å². The Morgan fingerprint density at radius 3 is 2.83 bits per heavy atom. The monoisotopic (exact) mass is 409 g/mol. The van der Waals surface area contributed by atoms with Crippen molar-refractivity contribution < 1.29 is 23.1 Å². The SMILES string of the molecule is C=CCOc1cccc([C@H]2c3c(oc4ccc(F)cc4c3=O)C(=O)N2CCOC)c1. The Hall–Kier alpha value is -3.45. The van der Waals surface area contributed by atoms with Crippen molar-refractivity contribution in [3.63, 3.8) is 0 Å². The van der Waals surface area contributed by atoms with Crippen molar-refractivity contribution in [2.75, 3.05) is 26.9 Å². The zero-order valence-electron chi connectivity index (χ0n) is 16.4. The van der Waals surface area contributed by atoms with Crippen LogP contribution in [0.3, 0.4) is 0 Å². The number of rotatable bonds is 7. The van der Waals surface area contributed by atoms with Gasteiger partial charge >= 0.3 is 0 Å². The number of ether oxygens (including phenoxy) is 2. The molecule has 0 saturated carbocycles. The summed E-state index contributed by atoms with van der Waals surface area (Å²) in [7, 11) is 1.53. The number of benzene rings is 2. The summed E-state index contributed by atoms with van der Waals surface area (Å²) in [6.45, 7) is 4.49. The van der Waals surface area contributed by atoms with Crippen LogP contribution in [0, 0.1) is 5.82 Å². The third-order valence-electron chi connectivity index (χ3n) is 5.01. The number of fused-ring (bicyclic) bond motifs is 2. The predicted molar refractivity (Wildman–Crippen MR) is 109 cm³/mol. The van der Waals surface area contributed by atoms with Crippen molar-refractivity contribution in [2.45, 2.75) is 6.04 Å². The van der Waals surface area contributed by atoms with E-state index in [-0.39, 0.29) is 35.4 Å². The Labute approximate surface area is 172 Å². The van der Waals surface area contributed by atoms with Gasteiger partial charge in [0.05, 0.1) is 23.6 Å². The molecule has 4 rings (SSSR count). The van der Waals surface area contributed by atoms with E-state index in [0.717, 1.165) is 6.07 Å². The van der Waals surface area contributed by atoms with Gasteiger partial charge < -0.3 is 18.8 Å². The number of halogens is 1. The third kappa shape index (κ3) is 3.37. The van der Waals surface area contributed by atoms with Crippen LogP contribution in [0.5, 0.6) is 5.75 Å². The minimum Gasteiger partial charge on any atom is -0.490 e. The van der Waals surface area contributed by atoms with Gasteiger partial charge in [0.15, 0.2) is 5.43 Å². The van der Waals surface area contributed by atoms with Crippen LogP contribution >= 0.6 is 0 Å². The lowest BCUT2D eigenvalue weighted by Gasteiger charge is -2.25. The highest BCUT2D eigenvalue weighted by atomic mass is 19.1. The van der Waals surface area contributed by atoms with E-state index in [2.05, 4.69) is 6.58 Å². The molecular formula is C23H20FNO5. The Morgan fingerprint density at radius 1 is 1.23 bits per heavy atom. The van der Waals surface area contributed by atoms with E-state index in [0.29, 0.717) is 17.9 Å². The van der Waals surface area contributed by atoms with Gasteiger partial charge in [0.2, 0.25) is 5.76 Å². The van der Waals surface area contributed by atoms with Gasteiger partial charge in [-0.05, 0) is 35.9 Å². The van der Waals surface area contributed by atoms with Crippen LogP contribution < -0.4 is 10.2 Å². The Balaban J connectivity index is 1.91. The lowest BCUT2D eigenvalue weighted by Crippen LogP contribution is -2.32. The fourth-order valence-electron chi connectivity index (χ4n) is 3.69. The summed E-state index contributed by atoms with van der Waals surface area (Å²) in [6, 6.07) is 10.1. The normalized spacial score (nSPS) is 15.5. The molecule has 0 saturated heterocycles. The quantitative estimate of drug-likeness (QED) is 0.557. The first-order chi connectivity index (χ1) is 14.5. The molecule has 0 fully saturated rings. The van der Waals surface area contributed by atoms with Gasteiger partial charge in [-0.3, -0.25) is 9.59 Å². The molecule has 0 spiro atoms. The maximum absolute atomic E-state index is 13.8. The first-order valence-electron chi connectivity index (χ1n) is 9.45. The summed E-state index contributed by atoms with van der Waals surface area (Å²) in [5.74, 6) is -0.409. The topological polar surface area (TPSA) is 69.0 Å². The molecule has 1 aliphatic rings. The van der Waals surface area contributed by atoms with E-state index in [1.54, 1.807) is 24.3 Å². The second-order valence-corrected chi connectivity index (χ2v) is 6.88. The zero-order valence-corrected chi connectivity index (χ0v) is 16.4. The van der Waals surface area contributed by atoms with Gasteiger partial charge in [-0.1, -0.05) is 24.8 Å². The molecule has 154 valence electrons. The van der Waals surface area contributed by atoms with Gasteiger partial charge in [0.25, 0.3) is 5.91 Å². The highest BCUT2D eigenvalue weighted by Crippen LogP contribution is 2.38. The van der Waals surface area contributed by atoms with Gasteiger partial charge in [-0.25, -0.2) is 4.39 Å². The van der Waals surface area contributed by atoms with Crippen molar-refractivity contribution in [2.24, 2.45) is 0 Å². The molecule has 1 aromatic heterocycles. The standard InChI is InChI=1S/C23H20FNO5/c1-3-10-29-16-6-4-5-14(12-16)20-19-21(26)17-13-15(24)7-8-18(17)30-22(19)23(27)25(20)9-11-28-2/h3-8,12-13,20H,1,9-11H2,2H3/t20-/m0/s1. The van der Waals surface area contributed by atoms with E-state index in [4.69, 9.17) is 13.9 Å². The van der Waals surface area contributed by atoms with E-state index < -0.39 is 23.2 Å². The van der Waals surface area contributed by atoms with Gasteiger partial charge in [0, 0.05) is 13.7 Å². The highest BCUT2D eigenvalue weighted by molar-refractivity contribution is 5.99. The van der Waals surface area contributed by atoms with Crippen LogP contribution in [0.15, 0.2) is 64.3 Å². The van der Waals surface area contributed by atoms with Crippen LogP contribution in [0.25, 0.3) is 11.0 Å². The number of methoxy groups -OCH3 is 1. The maximum atomic E-state index is 13.8. The number of carbonyl (C=O) groups is 1. The first-order valence-corrected chi connectivity index (χ1v) is 9.45. The fraction of sp³-hybridized carbons (Fsp3) is 0.217. The van der Waals surface area contributed by atoms with E-state index >= 15 is 0 Å². The zero-order chi connectivity index (χ0) is 21.3. The van der Waals surface area contributed by atoms with E-state index in [9.17, 15) is 14.0 Å². The molecule has 7 heteroatoms. The summed E-state index contributed by atoms with van der Waals surface area (Å²) >= 11 is 0. The molecule has 2 heterocycles. The van der Waals surface area contributed by atoms with Crippen LogP contribution in [0.4, 0.5) is 4.39 Å². The Bertz CT molecular complexity index is 1190. The van der Waals surface area contributed by atoms with Crippen LogP contribution in [-0.4, -0.2) is 37.7 Å². The number of carbonyl (C=O) groups excluding carboxylic acids is 1. The molecule has 0 radical (unpaired) electrons. The molecule has 1 amide bonds. The number of nitrogens with zero attached hydrogens (tertiary/aromatic N) is 1. The summed E-state index contributed by atoms with van der Waals surface area (Å²) in [4.78, 5) is 28.0. The van der Waals surface area contributed by atoms with Gasteiger partial charge in [0.1, 0.15) is 23.8 Å². The molecule has 3 aromatic rings. The largest absolute Gasteiger partial charge is 0.490 e. The molecule has 0 N–H and O–H groups in total. The number of hydrogen-bond donors (Lipinski definition) is 0. The predicted octanol–water partition coefficient (Wildman–Crippen LogP) is 3.69. The average Bonchev–Trinajstić information content (AvgIpc) is 3.03. The second-order valence-electron chi connectivity index (χ2n) is 6.88. The molecule has 2 aromatic carbocycles. The second kappa shape index (κ2) is 8.12. The van der Waals surface area contributed by atoms with E-state index in [1.165, 1.54) is 24.1 Å². The summed E-state index contributed by atoms with van der Waals surface area (Å²) in [5.41, 5.74) is 0.614. The maximum Gasteiger partial charge on any atom is 0.290 e. The third-order valence-corrected chi connectivity index (χ3v) is 5.01. The lowest BCUT2D eigenvalue weighted by molar-refractivity contribution is 0.0663. The van der Waals surface area contributed by atoms with Gasteiger partial charge in [-0.15, -0.1) is 0 Å². The van der Waals surface area contributed by atoms with Gasteiger partial charge in [-0.2, -0.15) is 0 Å². The first kappa shape index (κ1) is 19.8. The number of hydrogen-bond acceptors (Lipinski definition) is 5. The molecule has 0 unspecified atom stereocenters.